The molecule has 3 rings (SSSR count). The molecular formula is C13H12BrNO. The number of rotatable bonds is 2. The van der Waals surface area contributed by atoms with E-state index < -0.39 is 0 Å². The molecule has 1 unspecified atom stereocenters. The Morgan fingerprint density at radius 3 is 2.88 bits per heavy atom. The van der Waals surface area contributed by atoms with Crippen molar-refractivity contribution in [2.75, 3.05) is 0 Å². The van der Waals surface area contributed by atoms with E-state index in [0.717, 1.165) is 33.8 Å². The van der Waals surface area contributed by atoms with Crippen molar-refractivity contribution in [2.45, 2.75) is 18.9 Å². The Hall–Kier alpha value is -0.930. The highest BCUT2D eigenvalue weighted by Crippen LogP contribution is 2.43. The van der Waals surface area contributed by atoms with Gasteiger partial charge in [0.25, 0.3) is 0 Å². The van der Waals surface area contributed by atoms with Crippen LogP contribution in [0.15, 0.2) is 34.9 Å². The molecule has 82 valence electrons. The minimum atomic E-state index is -0.356. The van der Waals surface area contributed by atoms with Crippen LogP contribution in [0.4, 0.5) is 0 Å². The molecule has 1 saturated carbocycles. The number of fused-ring (bicyclic) bond motifs is 1. The van der Waals surface area contributed by atoms with Crippen LogP contribution in [0.3, 0.4) is 0 Å². The molecule has 16 heavy (non-hydrogen) atoms. The highest BCUT2D eigenvalue weighted by Gasteiger charge is 2.32. The molecule has 1 fully saturated rings. The zero-order valence-corrected chi connectivity index (χ0v) is 10.3. The molecular weight excluding hydrogens is 266 g/mol. The number of hydrogen-bond donors (Lipinski definition) is 1. The van der Waals surface area contributed by atoms with E-state index >= 15 is 0 Å². The van der Waals surface area contributed by atoms with Crippen molar-refractivity contribution < 1.29 is 5.11 Å². The van der Waals surface area contributed by atoms with Crippen LogP contribution in [0.25, 0.3) is 10.9 Å². The molecule has 0 bridgehead atoms. The first-order valence-corrected chi connectivity index (χ1v) is 6.28. The number of nitrogens with zero attached hydrogens (tertiary/aromatic N) is 1. The van der Waals surface area contributed by atoms with E-state index in [0.29, 0.717) is 5.92 Å². The third-order valence-electron chi connectivity index (χ3n) is 3.13. The minimum Gasteiger partial charge on any atom is -0.388 e. The smallest absolute Gasteiger partial charge is 0.0839 e. The standard InChI is InChI=1S/C13H12BrNO/c14-11-6-5-10(13(16)8-3-4-8)12-9(11)2-1-7-15-12/h1-2,5-8,13,16H,3-4H2. The van der Waals surface area contributed by atoms with E-state index in [-0.39, 0.29) is 6.10 Å². The second kappa shape index (κ2) is 3.82. The van der Waals surface area contributed by atoms with Crippen LogP contribution in [-0.2, 0) is 0 Å². The molecule has 2 nitrogen and oxygen atoms in total. The van der Waals surface area contributed by atoms with Gasteiger partial charge in [-0.15, -0.1) is 0 Å². The number of hydrogen-bond acceptors (Lipinski definition) is 2. The quantitative estimate of drug-likeness (QED) is 0.912. The van der Waals surface area contributed by atoms with Crippen LogP contribution in [0.5, 0.6) is 0 Å². The van der Waals surface area contributed by atoms with E-state index in [4.69, 9.17) is 0 Å². The summed E-state index contributed by atoms with van der Waals surface area (Å²) in [6, 6.07) is 7.91. The summed E-state index contributed by atoms with van der Waals surface area (Å²) in [6.45, 7) is 0. The third-order valence-corrected chi connectivity index (χ3v) is 3.83. The maximum absolute atomic E-state index is 10.2. The summed E-state index contributed by atoms with van der Waals surface area (Å²) < 4.78 is 1.03. The maximum atomic E-state index is 10.2. The molecule has 1 aliphatic carbocycles. The van der Waals surface area contributed by atoms with Crippen molar-refractivity contribution in [3.05, 3.63) is 40.5 Å². The van der Waals surface area contributed by atoms with Gasteiger partial charge in [0, 0.05) is 21.6 Å². The molecule has 1 heterocycles. The fourth-order valence-corrected chi connectivity index (χ4v) is 2.52. The van der Waals surface area contributed by atoms with Gasteiger partial charge in [-0.05, 0) is 30.9 Å². The maximum Gasteiger partial charge on any atom is 0.0839 e. The first-order valence-electron chi connectivity index (χ1n) is 5.48. The topological polar surface area (TPSA) is 33.1 Å². The number of aromatic nitrogens is 1. The fraction of sp³-hybridized carbons (Fsp3) is 0.308. The summed E-state index contributed by atoms with van der Waals surface area (Å²) in [4.78, 5) is 4.38. The predicted octanol–water partition coefficient (Wildman–Crippen LogP) is 3.44. The molecule has 0 amide bonds. The average Bonchev–Trinajstić information content (AvgIpc) is 3.13. The van der Waals surface area contributed by atoms with Crippen LogP contribution in [0.2, 0.25) is 0 Å². The lowest BCUT2D eigenvalue weighted by atomic mass is 10.0. The monoisotopic (exact) mass is 277 g/mol. The van der Waals surface area contributed by atoms with Crippen molar-refractivity contribution in [3.8, 4) is 0 Å². The molecule has 1 aliphatic rings. The molecule has 1 atom stereocenters. The van der Waals surface area contributed by atoms with Crippen LogP contribution >= 0.6 is 15.9 Å². The summed E-state index contributed by atoms with van der Waals surface area (Å²) >= 11 is 3.51. The predicted molar refractivity (Wildman–Crippen MR) is 67.1 cm³/mol. The summed E-state index contributed by atoms with van der Waals surface area (Å²) in [5, 5.41) is 11.3. The summed E-state index contributed by atoms with van der Waals surface area (Å²) in [5.74, 6) is 0.436. The van der Waals surface area contributed by atoms with Gasteiger partial charge in [-0.25, -0.2) is 0 Å². The van der Waals surface area contributed by atoms with Gasteiger partial charge >= 0.3 is 0 Å². The lowest BCUT2D eigenvalue weighted by Crippen LogP contribution is -2.01. The molecule has 0 aliphatic heterocycles. The van der Waals surface area contributed by atoms with E-state index in [1.165, 1.54) is 0 Å². The van der Waals surface area contributed by atoms with E-state index in [1.807, 2.05) is 24.3 Å². The van der Waals surface area contributed by atoms with E-state index in [1.54, 1.807) is 6.20 Å². The van der Waals surface area contributed by atoms with E-state index in [2.05, 4.69) is 20.9 Å². The first-order chi connectivity index (χ1) is 7.77. The van der Waals surface area contributed by atoms with Crippen molar-refractivity contribution in [3.63, 3.8) is 0 Å². The molecule has 0 radical (unpaired) electrons. The Kier molecular flexibility index (Phi) is 2.45. The number of aliphatic hydroxyl groups is 1. The third kappa shape index (κ3) is 1.64. The SMILES string of the molecule is OC(c1ccc(Br)c2cccnc12)C1CC1. The molecule has 3 heteroatoms. The summed E-state index contributed by atoms with van der Waals surface area (Å²) in [5.41, 5.74) is 1.87. The van der Waals surface area contributed by atoms with Gasteiger partial charge in [-0.3, -0.25) is 4.98 Å². The van der Waals surface area contributed by atoms with Crippen LogP contribution < -0.4 is 0 Å². The van der Waals surface area contributed by atoms with Gasteiger partial charge in [0.1, 0.15) is 0 Å². The van der Waals surface area contributed by atoms with Crippen LogP contribution in [0.1, 0.15) is 24.5 Å². The Labute approximate surface area is 102 Å². The Morgan fingerprint density at radius 2 is 2.12 bits per heavy atom. The van der Waals surface area contributed by atoms with Gasteiger partial charge in [-0.2, -0.15) is 0 Å². The van der Waals surface area contributed by atoms with Gasteiger partial charge in [0.2, 0.25) is 0 Å². The number of aliphatic hydroxyl groups excluding tert-OH is 1. The van der Waals surface area contributed by atoms with Crippen molar-refractivity contribution >= 4 is 26.8 Å². The lowest BCUT2D eigenvalue weighted by molar-refractivity contribution is 0.155. The molecule has 1 aromatic carbocycles. The molecule has 1 N–H and O–H groups in total. The van der Waals surface area contributed by atoms with Crippen molar-refractivity contribution in [1.82, 2.24) is 4.98 Å². The van der Waals surface area contributed by atoms with Gasteiger partial charge in [-0.1, -0.05) is 28.1 Å². The van der Waals surface area contributed by atoms with E-state index in [9.17, 15) is 5.11 Å². The minimum absolute atomic E-state index is 0.356. The van der Waals surface area contributed by atoms with Crippen molar-refractivity contribution in [2.24, 2.45) is 5.92 Å². The normalized spacial score (nSPS) is 17.6. The zero-order valence-electron chi connectivity index (χ0n) is 8.73. The highest BCUT2D eigenvalue weighted by molar-refractivity contribution is 9.10. The Morgan fingerprint density at radius 1 is 1.31 bits per heavy atom. The zero-order chi connectivity index (χ0) is 11.1. The van der Waals surface area contributed by atoms with Crippen LogP contribution in [-0.4, -0.2) is 10.1 Å². The number of pyridine rings is 1. The van der Waals surface area contributed by atoms with Crippen LogP contribution in [0, 0.1) is 5.92 Å². The molecule has 1 aromatic heterocycles. The number of halogens is 1. The molecule has 2 aromatic rings. The Bertz CT molecular complexity index is 536. The molecule has 0 saturated heterocycles. The second-order valence-electron chi connectivity index (χ2n) is 4.32. The molecule has 0 spiro atoms. The fourth-order valence-electron chi connectivity index (χ4n) is 2.06. The first kappa shape index (κ1) is 10.2. The largest absolute Gasteiger partial charge is 0.388 e. The van der Waals surface area contributed by atoms with Crippen molar-refractivity contribution in [1.29, 1.82) is 0 Å². The lowest BCUT2D eigenvalue weighted by Gasteiger charge is -2.12. The average molecular weight is 278 g/mol. The Balaban J connectivity index is 2.20. The summed E-state index contributed by atoms with van der Waals surface area (Å²) in [7, 11) is 0. The van der Waals surface area contributed by atoms with Gasteiger partial charge in [0.15, 0.2) is 0 Å². The second-order valence-corrected chi connectivity index (χ2v) is 5.17. The van der Waals surface area contributed by atoms with Gasteiger partial charge < -0.3 is 5.11 Å². The van der Waals surface area contributed by atoms with Gasteiger partial charge in [0.05, 0.1) is 11.6 Å². The number of benzene rings is 1. The highest BCUT2D eigenvalue weighted by atomic mass is 79.9. The summed E-state index contributed by atoms with van der Waals surface area (Å²) in [6.07, 6.45) is 3.68.